The Kier molecular flexibility index (Phi) is 6.29. The summed E-state index contributed by atoms with van der Waals surface area (Å²) in [6.07, 6.45) is 17.4. The molecule has 178 valence electrons. The van der Waals surface area contributed by atoms with Crippen LogP contribution in [0.5, 0.6) is 0 Å². The van der Waals surface area contributed by atoms with Crippen molar-refractivity contribution < 1.29 is 5.11 Å². The standard InChI is InChI=1S/C27H46O.C3H6/c1-18-10-14-26(5)22(24(18,2)3)12-15-25(4)20-11-16-27(17-28)13-6-7-21(27)19(20)8-9-23(25)26;1-3-2/h18-23,28H,6-17H2,1-5H3;3H,1H2,2H3. The Hall–Kier alpha value is -0.300. The average molecular weight is 429 g/mol. The largest absolute Gasteiger partial charge is 0.396 e. The molecule has 9 atom stereocenters. The summed E-state index contributed by atoms with van der Waals surface area (Å²) in [6.45, 7) is 18.9. The van der Waals surface area contributed by atoms with Crippen LogP contribution in [0, 0.1) is 57.2 Å². The highest BCUT2D eigenvalue weighted by Crippen LogP contribution is 2.73. The van der Waals surface area contributed by atoms with Crippen molar-refractivity contribution in [3.05, 3.63) is 12.7 Å². The monoisotopic (exact) mass is 428 g/mol. The lowest BCUT2D eigenvalue weighted by molar-refractivity contribution is -0.206. The minimum Gasteiger partial charge on any atom is -0.396 e. The Bertz CT molecular complexity index is 665. The molecule has 5 rings (SSSR count). The lowest BCUT2D eigenvalue weighted by Crippen LogP contribution is -2.62. The zero-order valence-electron chi connectivity index (χ0n) is 21.7. The van der Waals surface area contributed by atoms with Gasteiger partial charge in [-0.15, -0.1) is 6.58 Å². The van der Waals surface area contributed by atoms with E-state index in [2.05, 4.69) is 41.2 Å². The fourth-order valence-electron chi connectivity index (χ4n) is 10.8. The van der Waals surface area contributed by atoms with E-state index in [0.29, 0.717) is 28.3 Å². The maximum Gasteiger partial charge on any atom is 0.0490 e. The van der Waals surface area contributed by atoms with Gasteiger partial charge in [0.25, 0.3) is 0 Å². The minimum atomic E-state index is 0.313. The zero-order valence-corrected chi connectivity index (χ0v) is 21.7. The number of aliphatic hydroxyl groups excluding tert-OH is 1. The number of hydrogen-bond donors (Lipinski definition) is 1. The van der Waals surface area contributed by atoms with Gasteiger partial charge in [0.15, 0.2) is 0 Å². The first-order valence-electron chi connectivity index (χ1n) is 13.8. The van der Waals surface area contributed by atoms with Crippen LogP contribution in [0.15, 0.2) is 12.7 Å². The number of aliphatic hydroxyl groups is 1. The van der Waals surface area contributed by atoms with Crippen molar-refractivity contribution in [1.82, 2.24) is 0 Å². The zero-order chi connectivity index (χ0) is 22.7. The van der Waals surface area contributed by atoms with Crippen molar-refractivity contribution >= 4 is 0 Å². The first-order chi connectivity index (χ1) is 14.6. The smallest absolute Gasteiger partial charge is 0.0490 e. The van der Waals surface area contributed by atoms with Crippen molar-refractivity contribution in [1.29, 1.82) is 0 Å². The van der Waals surface area contributed by atoms with Crippen LogP contribution in [0.1, 0.15) is 112 Å². The molecular formula is C30H52O. The molecule has 31 heavy (non-hydrogen) atoms. The van der Waals surface area contributed by atoms with Crippen LogP contribution in [0.3, 0.4) is 0 Å². The second-order valence-electron chi connectivity index (χ2n) is 13.7. The highest BCUT2D eigenvalue weighted by Gasteiger charge is 2.65. The van der Waals surface area contributed by atoms with Crippen LogP contribution in [0.4, 0.5) is 0 Å². The molecule has 0 aliphatic heterocycles. The molecule has 0 saturated heterocycles. The van der Waals surface area contributed by atoms with E-state index >= 15 is 0 Å². The molecule has 0 aromatic heterocycles. The van der Waals surface area contributed by atoms with Crippen molar-refractivity contribution in [3.63, 3.8) is 0 Å². The van der Waals surface area contributed by atoms with Crippen LogP contribution >= 0.6 is 0 Å². The topological polar surface area (TPSA) is 20.2 Å². The number of allylic oxidation sites excluding steroid dienone is 1. The van der Waals surface area contributed by atoms with Crippen molar-refractivity contribution in [2.45, 2.75) is 112 Å². The molecular weight excluding hydrogens is 376 g/mol. The van der Waals surface area contributed by atoms with Crippen molar-refractivity contribution in [2.24, 2.45) is 57.2 Å². The Labute approximate surface area is 193 Å². The van der Waals surface area contributed by atoms with E-state index in [-0.39, 0.29) is 0 Å². The van der Waals surface area contributed by atoms with Gasteiger partial charge in [0, 0.05) is 6.61 Å². The third-order valence-electron chi connectivity index (χ3n) is 12.6. The molecule has 0 aromatic rings. The van der Waals surface area contributed by atoms with Gasteiger partial charge in [-0.25, -0.2) is 0 Å². The van der Waals surface area contributed by atoms with E-state index in [1.165, 1.54) is 70.6 Å². The van der Waals surface area contributed by atoms with Crippen LogP contribution in [0.25, 0.3) is 0 Å². The molecule has 0 bridgehead atoms. The highest BCUT2D eigenvalue weighted by atomic mass is 16.3. The Balaban J connectivity index is 0.000000730. The number of hydrogen-bond acceptors (Lipinski definition) is 1. The van der Waals surface area contributed by atoms with Gasteiger partial charge >= 0.3 is 0 Å². The molecule has 5 aliphatic carbocycles. The van der Waals surface area contributed by atoms with Gasteiger partial charge in [0.2, 0.25) is 0 Å². The molecule has 0 heterocycles. The van der Waals surface area contributed by atoms with E-state index in [1.54, 1.807) is 6.08 Å². The molecule has 5 fully saturated rings. The third kappa shape index (κ3) is 3.33. The lowest BCUT2D eigenvalue weighted by atomic mass is 9.36. The Morgan fingerprint density at radius 1 is 0.806 bits per heavy atom. The second kappa shape index (κ2) is 8.18. The summed E-state index contributed by atoms with van der Waals surface area (Å²) in [5.41, 5.74) is 1.95. The predicted octanol–water partition coefficient (Wildman–Crippen LogP) is 8.27. The first kappa shape index (κ1) is 23.8. The third-order valence-corrected chi connectivity index (χ3v) is 12.6. The number of fused-ring (bicyclic) bond motifs is 7. The van der Waals surface area contributed by atoms with Crippen LogP contribution in [0.2, 0.25) is 0 Å². The summed E-state index contributed by atoms with van der Waals surface area (Å²) in [7, 11) is 0. The molecule has 1 heteroatoms. The van der Waals surface area contributed by atoms with Gasteiger partial charge in [-0.3, -0.25) is 0 Å². The summed E-state index contributed by atoms with van der Waals surface area (Å²) in [5, 5.41) is 10.3. The van der Waals surface area contributed by atoms with Crippen molar-refractivity contribution in [3.8, 4) is 0 Å². The molecule has 5 aliphatic rings. The van der Waals surface area contributed by atoms with Gasteiger partial charge in [-0.2, -0.15) is 0 Å². The van der Waals surface area contributed by atoms with Gasteiger partial charge in [-0.05, 0) is 128 Å². The summed E-state index contributed by atoms with van der Waals surface area (Å²) in [6, 6.07) is 0. The van der Waals surface area contributed by atoms with E-state index < -0.39 is 0 Å². The lowest BCUT2D eigenvalue weighted by Gasteiger charge is -2.69. The molecule has 1 nitrogen and oxygen atoms in total. The normalized spacial score (nSPS) is 52.5. The average Bonchev–Trinajstić information content (AvgIpc) is 3.16. The molecule has 1 N–H and O–H groups in total. The Morgan fingerprint density at radius 2 is 1.48 bits per heavy atom. The molecule has 0 aromatic carbocycles. The fraction of sp³-hybridized carbons (Fsp3) is 0.933. The summed E-state index contributed by atoms with van der Waals surface area (Å²) in [4.78, 5) is 0. The summed E-state index contributed by atoms with van der Waals surface area (Å²) >= 11 is 0. The maximum atomic E-state index is 10.3. The minimum absolute atomic E-state index is 0.313. The SMILES string of the molecule is C=CC.CC1CCC2(C)C(CCC3(C)C4CCC5(CO)CCCC5C4CCC32)C1(C)C. The molecule has 0 spiro atoms. The van der Waals surface area contributed by atoms with Crippen LogP contribution in [-0.4, -0.2) is 11.7 Å². The van der Waals surface area contributed by atoms with Gasteiger partial charge in [0.05, 0.1) is 0 Å². The summed E-state index contributed by atoms with van der Waals surface area (Å²) < 4.78 is 0. The van der Waals surface area contributed by atoms with E-state index in [4.69, 9.17) is 0 Å². The highest BCUT2D eigenvalue weighted by molar-refractivity contribution is 5.14. The molecule has 5 saturated carbocycles. The summed E-state index contributed by atoms with van der Waals surface area (Å²) in [5.74, 6) is 5.43. The van der Waals surface area contributed by atoms with Crippen molar-refractivity contribution in [2.75, 3.05) is 6.61 Å². The quantitative estimate of drug-likeness (QED) is 0.417. The maximum absolute atomic E-state index is 10.3. The second-order valence-corrected chi connectivity index (χ2v) is 13.7. The molecule has 9 unspecified atom stereocenters. The van der Waals surface area contributed by atoms with E-state index in [9.17, 15) is 5.11 Å². The predicted molar refractivity (Wildman–Crippen MR) is 133 cm³/mol. The number of rotatable bonds is 1. The van der Waals surface area contributed by atoms with Gasteiger partial charge < -0.3 is 5.11 Å². The first-order valence-corrected chi connectivity index (χ1v) is 13.8. The van der Waals surface area contributed by atoms with E-state index in [1.807, 2.05) is 6.92 Å². The van der Waals surface area contributed by atoms with Gasteiger partial charge in [0.1, 0.15) is 0 Å². The fourth-order valence-corrected chi connectivity index (χ4v) is 10.8. The molecule has 0 radical (unpaired) electrons. The van der Waals surface area contributed by atoms with E-state index in [0.717, 1.165) is 35.5 Å². The molecule has 0 amide bonds. The van der Waals surface area contributed by atoms with Gasteiger partial charge in [-0.1, -0.05) is 47.1 Å². The van der Waals surface area contributed by atoms with Crippen LogP contribution < -0.4 is 0 Å². The van der Waals surface area contributed by atoms with Crippen LogP contribution in [-0.2, 0) is 0 Å². The Morgan fingerprint density at radius 3 is 2.16 bits per heavy atom.